The van der Waals surface area contributed by atoms with Crippen LogP contribution >= 0.6 is 23.2 Å². The fraction of sp³-hybridized carbons (Fsp3) is 0.214. The van der Waals surface area contributed by atoms with Crippen LogP contribution in [0.2, 0.25) is 10.2 Å². The van der Waals surface area contributed by atoms with Gasteiger partial charge in [-0.2, -0.15) is 0 Å². The minimum absolute atomic E-state index is 0.00295. The Balaban J connectivity index is 2.11. The van der Waals surface area contributed by atoms with Crippen molar-refractivity contribution in [3.05, 3.63) is 58.3 Å². The summed E-state index contributed by atoms with van der Waals surface area (Å²) in [6.45, 7) is 1.80. The number of hydrogen-bond acceptors (Lipinski definition) is 3. The Morgan fingerprint density at radius 1 is 1.24 bits per heavy atom. The van der Waals surface area contributed by atoms with Crippen molar-refractivity contribution in [3.63, 3.8) is 0 Å². The highest BCUT2D eigenvalue weighted by molar-refractivity contribution is 7.89. The van der Waals surface area contributed by atoms with Crippen LogP contribution in [0.5, 0.6) is 0 Å². The Hall–Kier alpha value is -1.14. The van der Waals surface area contributed by atoms with Crippen molar-refractivity contribution < 1.29 is 8.42 Å². The number of aromatic nitrogens is 1. The highest BCUT2D eigenvalue weighted by atomic mass is 35.5. The molecule has 112 valence electrons. The standard InChI is InChI=1S/C14H14Cl2N2O2S/c1-10(7-11-5-3-2-4-6-11)18-21(19,20)12-8-13(15)14(16)17-9-12/h2-6,8-10,18H,7H2,1H3. The van der Waals surface area contributed by atoms with Crippen LogP contribution in [0.4, 0.5) is 0 Å². The van der Waals surface area contributed by atoms with E-state index in [9.17, 15) is 8.42 Å². The van der Waals surface area contributed by atoms with E-state index in [-0.39, 0.29) is 21.1 Å². The van der Waals surface area contributed by atoms with Crippen molar-refractivity contribution in [2.24, 2.45) is 0 Å². The van der Waals surface area contributed by atoms with Gasteiger partial charge in [-0.05, 0) is 25.0 Å². The van der Waals surface area contributed by atoms with Gasteiger partial charge in [-0.25, -0.2) is 18.1 Å². The Bertz CT molecular complexity index is 721. The quantitative estimate of drug-likeness (QED) is 0.846. The van der Waals surface area contributed by atoms with Crippen LogP contribution in [0, 0.1) is 0 Å². The smallest absolute Gasteiger partial charge is 0.242 e. The normalized spacial score (nSPS) is 13.1. The first-order chi connectivity index (χ1) is 9.88. The van der Waals surface area contributed by atoms with E-state index in [4.69, 9.17) is 23.2 Å². The fourth-order valence-corrected chi connectivity index (χ4v) is 3.44. The Morgan fingerprint density at radius 3 is 2.52 bits per heavy atom. The number of rotatable bonds is 5. The molecule has 0 aliphatic carbocycles. The molecule has 0 saturated heterocycles. The van der Waals surface area contributed by atoms with Crippen molar-refractivity contribution in [2.75, 3.05) is 0 Å². The van der Waals surface area contributed by atoms with Gasteiger partial charge in [0, 0.05) is 12.2 Å². The minimum Gasteiger partial charge on any atom is -0.242 e. The van der Waals surface area contributed by atoms with Gasteiger partial charge in [-0.3, -0.25) is 0 Å². The maximum Gasteiger partial charge on any atom is 0.242 e. The molecule has 4 nitrogen and oxygen atoms in total. The molecule has 0 saturated carbocycles. The van der Waals surface area contributed by atoms with Gasteiger partial charge in [0.15, 0.2) is 0 Å². The van der Waals surface area contributed by atoms with Crippen LogP contribution in [0.15, 0.2) is 47.5 Å². The molecule has 7 heteroatoms. The maximum atomic E-state index is 12.2. The lowest BCUT2D eigenvalue weighted by atomic mass is 10.1. The molecule has 1 aromatic heterocycles. The molecule has 0 bridgehead atoms. The van der Waals surface area contributed by atoms with Gasteiger partial charge < -0.3 is 0 Å². The summed E-state index contributed by atoms with van der Waals surface area (Å²) < 4.78 is 27.1. The Labute approximate surface area is 134 Å². The summed E-state index contributed by atoms with van der Waals surface area (Å²) >= 11 is 11.5. The second-order valence-electron chi connectivity index (χ2n) is 4.66. The van der Waals surface area contributed by atoms with E-state index in [1.54, 1.807) is 6.92 Å². The van der Waals surface area contributed by atoms with Gasteiger partial charge in [-0.15, -0.1) is 0 Å². The highest BCUT2D eigenvalue weighted by Gasteiger charge is 2.19. The molecule has 0 aliphatic heterocycles. The predicted octanol–water partition coefficient (Wildman–Crippen LogP) is 3.30. The first-order valence-electron chi connectivity index (χ1n) is 6.26. The summed E-state index contributed by atoms with van der Waals surface area (Å²) in [5.41, 5.74) is 1.06. The molecule has 0 fully saturated rings. The van der Waals surface area contributed by atoms with E-state index in [1.165, 1.54) is 12.3 Å². The number of nitrogens with zero attached hydrogens (tertiary/aromatic N) is 1. The van der Waals surface area contributed by atoms with Crippen molar-refractivity contribution in [2.45, 2.75) is 24.3 Å². The van der Waals surface area contributed by atoms with Crippen molar-refractivity contribution in [1.82, 2.24) is 9.71 Å². The largest absolute Gasteiger partial charge is 0.242 e. The lowest BCUT2D eigenvalue weighted by Gasteiger charge is -2.14. The van der Waals surface area contributed by atoms with Crippen LogP contribution in [0.1, 0.15) is 12.5 Å². The summed E-state index contributed by atoms with van der Waals surface area (Å²) in [4.78, 5) is 3.75. The first-order valence-corrected chi connectivity index (χ1v) is 8.49. The lowest BCUT2D eigenvalue weighted by molar-refractivity contribution is 0.559. The summed E-state index contributed by atoms with van der Waals surface area (Å²) in [6, 6.07) is 10.7. The number of nitrogens with one attached hydrogen (secondary N) is 1. The van der Waals surface area contributed by atoms with Gasteiger partial charge in [0.2, 0.25) is 10.0 Å². The van der Waals surface area contributed by atoms with Gasteiger partial charge in [0.05, 0.1) is 5.02 Å². The average Bonchev–Trinajstić information content (AvgIpc) is 2.42. The van der Waals surface area contributed by atoms with Gasteiger partial charge >= 0.3 is 0 Å². The summed E-state index contributed by atoms with van der Waals surface area (Å²) in [7, 11) is -3.67. The molecule has 0 aliphatic rings. The molecule has 1 aromatic carbocycles. The molecule has 0 spiro atoms. The second kappa shape index (κ2) is 6.75. The minimum atomic E-state index is -3.67. The zero-order chi connectivity index (χ0) is 15.5. The number of halogens is 2. The molecule has 21 heavy (non-hydrogen) atoms. The molecule has 0 amide bonds. The zero-order valence-corrected chi connectivity index (χ0v) is 13.6. The van der Waals surface area contributed by atoms with E-state index in [1.807, 2.05) is 30.3 Å². The van der Waals surface area contributed by atoms with Crippen LogP contribution in [-0.2, 0) is 16.4 Å². The van der Waals surface area contributed by atoms with Crippen LogP contribution < -0.4 is 4.72 Å². The Kier molecular flexibility index (Phi) is 5.22. The first kappa shape index (κ1) is 16.2. The number of pyridine rings is 1. The number of benzene rings is 1. The van der Waals surface area contributed by atoms with Crippen molar-refractivity contribution in [3.8, 4) is 0 Å². The topological polar surface area (TPSA) is 59.1 Å². The molecule has 1 heterocycles. The third-order valence-corrected chi connectivity index (χ3v) is 5.07. The summed E-state index contributed by atoms with van der Waals surface area (Å²) in [5, 5.41) is 0.184. The Morgan fingerprint density at radius 2 is 1.90 bits per heavy atom. The van der Waals surface area contributed by atoms with E-state index >= 15 is 0 Å². The molecule has 2 aromatic rings. The van der Waals surface area contributed by atoms with Crippen LogP contribution in [-0.4, -0.2) is 19.4 Å². The third-order valence-electron chi connectivity index (χ3n) is 2.82. The molecule has 1 unspecified atom stereocenters. The molecule has 0 radical (unpaired) electrons. The van der Waals surface area contributed by atoms with Gasteiger partial charge in [0.1, 0.15) is 10.0 Å². The zero-order valence-electron chi connectivity index (χ0n) is 11.3. The van der Waals surface area contributed by atoms with Gasteiger partial charge in [-0.1, -0.05) is 53.5 Å². The average molecular weight is 345 g/mol. The lowest BCUT2D eigenvalue weighted by Crippen LogP contribution is -2.34. The molecular formula is C14H14Cl2N2O2S. The van der Waals surface area contributed by atoms with E-state index in [2.05, 4.69) is 9.71 Å². The fourth-order valence-electron chi connectivity index (χ4n) is 1.89. The van der Waals surface area contributed by atoms with Gasteiger partial charge in [0.25, 0.3) is 0 Å². The number of sulfonamides is 1. The van der Waals surface area contributed by atoms with Crippen molar-refractivity contribution >= 4 is 33.2 Å². The second-order valence-corrected chi connectivity index (χ2v) is 7.13. The SMILES string of the molecule is CC(Cc1ccccc1)NS(=O)(=O)c1cnc(Cl)c(Cl)c1. The molecular weight excluding hydrogens is 331 g/mol. The van der Waals surface area contributed by atoms with Crippen molar-refractivity contribution in [1.29, 1.82) is 0 Å². The van der Waals surface area contributed by atoms with E-state index < -0.39 is 10.0 Å². The van der Waals surface area contributed by atoms with Crippen LogP contribution in [0.3, 0.4) is 0 Å². The van der Waals surface area contributed by atoms with Crippen LogP contribution in [0.25, 0.3) is 0 Å². The molecule has 1 N–H and O–H groups in total. The van der Waals surface area contributed by atoms with E-state index in [0.717, 1.165) is 5.56 Å². The summed E-state index contributed by atoms with van der Waals surface area (Å²) in [5.74, 6) is 0. The highest BCUT2D eigenvalue weighted by Crippen LogP contribution is 2.22. The van der Waals surface area contributed by atoms with E-state index in [0.29, 0.717) is 6.42 Å². The summed E-state index contributed by atoms with van der Waals surface area (Å²) in [6.07, 6.45) is 1.78. The molecule has 1 atom stereocenters. The predicted molar refractivity (Wildman–Crippen MR) is 84.2 cm³/mol. The monoisotopic (exact) mass is 344 g/mol. The third kappa shape index (κ3) is 4.41. The number of hydrogen-bond donors (Lipinski definition) is 1. The molecule has 2 rings (SSSR count). The maximum absolute atomic E-state index is 12.2.